The van der Waals surface area contributed by atoms with Crippen LogP contribution in [-0.4, -0.2) is 47.4 Å². The van der Waals surface area contributed by atoms with Gasteiger partial charge in [0.15, 0.2) is 0 Å². The zero-order chi connectivity index (χ0) is 12.3. The first kappa shape index (κ1) is 13.9. The topological polar surface area (TPSA) is 32.5 Å². The third-order valence-corrected chi connectivity index (χ3v) is 3.37. The van der Waals surface area contributed by atoms with E-state index in [0.717, 1.165) is 26.1 Å². The standard InChI is InChI=1S/C13H27NO2/c1-10(2)6-7-16-13(4,5)12(15)9-14-8-11(14)3/h10-12,15H,6-9H2,1-5H3. The average Bonchev–Trinajstić information content (AvgIpc) is 2.80. The fourth-order valence-electron chi connectivity index (χ4n) is 1.64. The van der Waals surface area contributed by atoms with Crippen molar-refractivity contribution in [1.29, 1.82) is 0 Å². The van der Waals surface area contributed by atoms with Crippen molar-refractivity contribution in [3.8, 4) is 0 Å². The second-order valence-electron chi connectivity index (χ2n) is 5.95. The van der Waals surface area contributed by atoms with E-state index in [9.17, 15) is 5.11 Å². The highest BCUT2D eigenvalue weighted by Gasteiger charge is 2.36. The van der Waals surface area contributed by atoms with Crippen molar-refractivity contribution in [3.63, 3.8) is 0 Å². The summed E-state index contributed by atoms with van der Waals surface area (Å²) in [5.74, 6) is 0.653. The Balaban J connectivity index is 2.25. The van der Waals surface area contributed by atoms with Gasteiger partial charge in [-0.15, -0.1) is 0 Å². The van der Waals surface area contributed by atoms with E-state index in [1.165, 1.54) is 0 Å². The highest BCUT2D eigenvalue weighted by molar-refractivity contribution is 4.91. The van der Waals surface area contributed by atoms with Gasteiger partial charge in [0, 0.05) is 25.7 Å². The highest BCUT2D eigenvalue weighted by Crippen LogP contribution is 2.22. The molecule has 3 nitrogen and oxygen atoms in total. The van der Waals surface area contributed by atoms with Crippen LogP contribution >= 0.6 is 0 Å². The van der Waals surface area contributed by atoms with Crippen molar-refractivity contribution >= 4 is 0 Å². The van der Waals surface area contributed by atoms with Gasteiger partial charge < -0.3 is 9.84 Å². The molecule has 3 heteroatoms. The maximum absolute atomic E-state index is 10.1. The summed E-state index contributed by atoms with van der Waals surface area (Å²) in [6, 6.07) is 0.640. The number of hydrogen-bond acceptors (Lipinski definition) is 3. The molecular weight excluding hydrogens is 202 g/mol. The summed E-state index contributed by atoms with van der Waals surface area (Å²) in [4.78, 5) is 2.26. The van der Waals surface area contributed by atoms with Crippen molar-refractivity contribution in [2.24, 2.45) is 5.92 Å². The molecule has 0 aliphatic carbocycles. The van der Waals surface area contributed by atoms with Gasteiger partial charge in [0.2, 0.25) is 0 Å². The lowest BCUT2D eigenvalue weighted by Crippen LogP contribution is -2.43. The molecule has 0 radical (unpaired) electrons. The van der Waals surface area contributed by atoms with E-state index < -0.39 is 11.7 Å². The van der Waals surface area contributed by atoms with Crippen LogP contribution in [0.5, 0.6) is 0 Å². The first-order chi connectivity index (χ1) is 7.33. The van der Waals surface area contributed by atoms with Crippen LogP contribution in [0.1, 0.15) is 41.0 Å². The van der Waals surface area contributed by atoms with Gasteiger partial charge in [-0.3, -0.25) is 4.90 Å². The van der Waals surface area contributed by atoms with Gasteiger partial charge in [-0.1, -0.05) is 13.8 Å². The molecule has 0 amide bonds. The van der Waals surface area contributed by atoms with E-state index in [1.54, 1.807) is 0 Å². The third kappa shape index (κ3) is 4.40. The summed E-state index contributed by atoms with van der Waals surface area (Å²) in [5.41, 5.74) is -0.433. The molecule has 1 heterocycles. The first-order valence-electron chi connectivity index (χ1n) is 6.39. The SMILES string of the molecule is CC(C)CCOC(C)(C)C(O)CN1CC1C. The van der Waals surface area contributed by atoms with Gasteiger partial charge >= 0.3 is 0 Å². The first-order valence-corrected chi connectivity index (χ1v) is 6.39. The Hall–Kier alpha value is -0.120. The van der Waals surface area contributed by atoms with E-state index in [-0.39, 0.29) is 0 Å². The maximum Gasteiger partial charge on any atom is 0.0951 e. The summed E-state index contributed by atoms with van der Waals surface area (Å²) in [6.45, 7) is 13.1. The normalized spacial score (nSPS) is 27.2. The molecule has 0 spiro atoms. The number of rotatable bonds is 7. The second kappa shape index (κ2) is 5.48. The number of aliphatic hydroxyl groups is 1. The zero-order valence-electron chi connectivity index (χ0n) is 11.4. The molecule has 1 rings (SSSR count). The molecule has 0 aromatic heterocycles. The van der Waals surface area contributed by atoms with Gasteiger partial charge in [0.05, 0.1) is 11.7 Å². The molecule has 96 valence electrons. The fraction of sp³-hybridized carbons (Fsp3) is 1.00. The molecule has 3 unspecified atom stereocenters. The largest absolute Gasteiger partial charge is 0.389 e. The van der Waals surface area contributed by atoms with Crippen LogP contribution in [-0.2, 0) is 4.74 Å². The Morgan fingerprint density at radius 2 is 2.00 bits per heavy atom. The van der Waals surface area contributed by atoms with Gasteiger partial charge in [0.25, 0.3) is 0 Å². The lowest BCUT2D eigenvalue weighted by Gasteiger charge is -2.31. The summed E-state index contributed by atoms with van der Waals surface area (Å²) >= 11 is 0. The molecule has 1 aliphatic heterocycles. The van der Waals surface area contributed by atoms with Gasteiger partial charge in [-0.2, -0.15) is 0 Å². The number of hydrogen-bond donors (Lipinski definition) is 1. The Kier molecular flexibility index (Phi) is 4.77. The second-order valence-corrected chi connectivity index (χ2v) is 5.95. The van der Waals surface area contributed by atoms with E-state index in [4.69, 9.17) is 4.74 Å². The molecule has 3 atom stereocenters. The number of nitrogens with zero attached hydrogens (tertiary/aromatic N) is 1. The summed E-state index contributed by atoms with van der Waals surface area (Å²) in [5, 5.41) is 10.1. The van der Waals surface area contributed by atoms with Crippen LogP contribution in [0.4, 0.5) is 0 Å². The molecule has 1 N–H and O–H groups in total. The van der Waals surface area contributed by atoms with Crippen LogP contribution in [0, 0.1) is 5.92 Å². The molecule has 0 bridgehead atoms. The van der Waals surface area contributed by atoms with Crippen molar-refractivity contribution in [2.45, 2.75) is 58.8 Å². The number of β-amino-alcohol motifs (C(OH)–C–C–N with tert-alkyl or cyclic N) is 1. The van der Waals surface area contributed by atoms with E-state index in [0.29, 0.717) is 12.0 Å². The van der Waals surface area contributed by atoms with Crippen LogP contribution in [0.2, 0.25) is 0 Å². The van der Waals surface area contributed by atoms with E-state index >= 15 is 0 Å². The zero-order valence-corrected chi connectivity index (χ0v) is 11.4. The maximum atomic E-state index is 10.1. The number of ether oxygens (including phenoxy) is 1. The summed E-state index contributed by atoms with van der Waals surface area (Å²) in [7, 11) is 0. The minimum atomic E-state index is -0.433. The Labute approximate surface area is 99.8 Å². The molecule has 1 aliphatic rings. The van der Waals surface area contributed by atoms with Gasteiger partial charge in [0.1, 0.15) is 0 Å². The Morgan fingerprint density at radius 1 is 1.44 bits per heavy atom. The molecule has 16 heavy (non-hydrogen) atoms. The fourth-order valence-corrected chi connectivity index (χ4v) is 1.64. The van der Waals surface area contributed by atoms with Crippen LogP contribution < -0.4 is 0 Å². The molecule has 0 saturated carbocycles. The molecular formula is C13H27NO2. The highest BCUT2D eigenvalue weighted by atomic mass is 16.5. The smallest absolute Gasteiger partial charge is 0.0951 e. The lowest BCUT2D eigenvalue weighted by atomic mass is 10.0. The predicted octanol–water partition coefficient (Wildman–Crippen LogP) is 1.89. The van der Waals surface area contributed by atoms with Crippen molar-refractivity contribution in [3.05, 3.63) is 0 Å². The van der Waals surface area contributed by atoms with Crippen LogP contribution in [0.25, 0.3) is 0 Å². The molecule has 0 aromatic rings. The van der Waals surface area contributed by atoms with Gasteiger partial charge in [-0.25, -0.2) is 0 Å². The van der Waals surface area contributed by atoms with Crippen LogP contribution in [0.15, 0.2) is 0 Å². The van der Waals surface area contributed by atoms with Crippen molar-refractivity contribution < 1.29 is 9.84 Å². The summed E-state index contributed by atoms with van der Waals surface area (Å²) < 4.78 is 5.79. The Bertz CT molecular complexity index is 216. The molecule has 0 aromatic carbocycles. The quantitative estimate of drug-likeness (QED) is 0.677. The third-order valence-electron chi connectivity index (χ3n) is 3.37. The van der Waals surface area contributed by atoms with Crippen molar-refractivity contribution in [1.82, 2.24) is 4.90 Å². The average molecular weight is 229 g/mol. The van der Waals surface area contributed by atoms with Gasteiger partial charge in [-0.05, 0) is 33.1 Å². The monoisotopic (exact) mass is 229 g/mol. The lowest BCUT2D eigenvalue weighted by molar-refractivity contribution is -0.105. The predicted molar refractivity (Wildman–Crippen MR) is 66.5 cm³/mol. The number of aliphatic hydroxyl groups excluding tert-OH is 1. The Morgan fingerprint density at radius 3 is 2.44 bits per heavy atom. The van der Waals surface area contributed by atoms with E-state index in [1.807, 2.05) is 13.8 Å². The minimum Gasteiger partial charge on any atom is -0.389 e. The minimum absolute atomic E-state index is 0.399. The van der Waals surface area contributed by atoms with Crippen LogP contribution in [0.3, 0.4) is 0 Å². The summed E-state index contributed by atoms with van der Waals surface area (Å²) in [6.07, 6.45) is 0.653. The molecule has 1 fully saturated rings. The van der Waals surface area contributed by atoms with E-state index in [2.05, 4.69) is 25.7 Å². The van der Waals surface area contributed by atoms with Crippen molar-refractivity contribution in [2.75, 3.05) is 19.7 Å². The molecule has 1 saturated heterocycles.